The molecule has 1 N–H and O–H groups in total. The largest absolute Gasteiger partial charge is 0.346 e. The van der Waals surface area contributed by atoms with Crippen LogP contribution in [0.1, 0.15) is 24.1 Å². The first-order valence-corrected chi connectivity index (χ1v) is 8.24. The maximum Gasteiger partial charge on any atom is 0.244 e. The molecule has 0 aliphatic heterocycles. The Morgan fingerprint density at radius 3 is 2.40 bits per heavy atom. The fourth-order valence-corrected chi connectivity index (χ4v) is 2.64. The zero-order valence-electron chi connectivity index (χ0n) is 14.4. The van der Waals surface area contributed by atoms with Crippen LogP contribution in [0.2, 0.25) is 0 Å². The number of benzene rings is 2. The first-order chi connectivity index (χ1) is 12.1. The highest BCUT2D eigenvalue weighted by Crippen LogP contribution is 2.21. The molecule has 0 fully saturated rings. The Morgan fingerprint density at radius 2 is 1.76 bits per heavy atom. The minimum absolute atomic E-state index is 0.0594. The zero-order chi connectivity index (χ0) is 17.6. The Morgan fingerprint density at radius 1 is 1.08 bits per heavy atom. The van der Waals surface area contributed by atoms with Crippen molar-refractivity contribution in [2.75, 3.05) is 0 Å². The molecule has 4 heteroatoms. The number of hydrogen-bond acceptors (Lipinski definition) is 2. The van der Waals surface area contributed by atoms with Crippen molar-refractivity contribution in [1.82, 2.24) is 15.1 Å². The van der Waals surface area contributed by atoms with Gasteiger partial charge in [0.05, 0.1) is 12.2 Å². The monoisotopic (exact) mass is 331 g/mol. The summed E-state index contributed by atoms with van der Waals surface area (Å²) in [7, 11) is 1.85. The van der Waals surface area contributed by atoms with E-state index < -0.39 is 0 Å². The first kappa shape index (κ1) is 16.7. The molecule has 0 bridgehead atoms. The van der Waals surface area contributed by atoms with Gasteiger partial charge in [-0.15, -0.1) is 0 Å². The quantitative estimate of drug-likeness (QED) is 0.719. The molecule has 0 aliphatic rings. The molecule has 3 rings (SSSR count). The van der Waals surface area contributed by atoms with Crippen molar-refractivity contribution in [2.45, 2.75) is 13.0 Å². The lowest BCUT2D eigenvalue weighted by molar-refractivity contribution is -0.117. The van der Waals surface area contributed by atoms with Crippen molar-refractivity contribution < 1.29 is 4.79 Å². The summed E-state index contributed by atoms with van der Waals surface area (Å²) < 4.78 is 1.70. The molecule has 1 aromatic heterocycles. The van der Waals surface area contributed by atoms with Crippen LogP contribution in [0.25, 0.3) is 17.2 Å². The molecular weight excluding hydrogens is 310 g/mol. The minimum atomic E-state index is -0.122. The number of hydrogen-bond donors (Lipinski definition) is 1. The normalized spacial score (nSPS) is 12.2. The second-order valence-electron chi connectivity index (χ2n) is 6.00. The van der Waals surface area contributed by atoms with E-state index in [-0.39, 0.29) is 11.9 Å². The molecule has 0 saturated carbocycles. The van der Waals surface area contributed by atoms with E-state index in [0.717, 1.165) is 11.1 Å². The SMILES string of the molecule is CC(NC(=O)C=Cc1cnn(C)c1)c1ccc(-c2ccccc2)cc1. The number of aromatic nitrogens is 2. The van der Waals surface area contributed by atoms with Crippen LogP contribution in [-0.4, -0.2) is 15.7 Å². The number of carbonyl (C=O) groups excluding carboxylic acids is 1. The molecule has 0 radical (unpaired) electrons. The molecule has 0 saturated heterocycles. The van der Waals surface area contributed by atoms with Crippen LogP contribution in [-0.2, 0) is 11.8 Å². The van der Waals surface area contributed by atoms with E-state index in [1.54, 1.807) is 17.0 Å². The highest BCUT2D eigenvalue weighted by molar-refractivity contribution is 5.91. The Kier molecular flexibility index (Phi) is 5.09. The number of rotatable bonds is 5. The Labute approximate surface area is 147 Å². The third kappa shape index (κ3) is 4.44. The van der Waals surface area contributed by atoms with Crippen LogP contribution in [0.4, 0.5) is 0 Å². The van der Waals surface area contributed by atoms with Gasteiger partial charge in [0.2, 0.25) is 5.91 Å². The molecule has 25 heavy (non-hydrogen) atoms. The van der Waals surface area contributed by atoms with Crippen LogP contribution in [0.15, 0.2) is 73.1 Å². The summed E-state index contributed by atoms with van der Waals surface area (Å²) in [5.74, 6) is -0.122. The van der Waals surface area contributed by atoms with Crippen molar-refractivity contribution in [2.24, 2.45) is 7.05 Å². The van der Waals surface area contributed by atoms with Crippen molar-refractivity contribution >= 4 is 12.0 Å². The number of nitrogens with zero attached hydrogens (tertiary/aromatic N) is 2. The van der Waals surface area contributed by atoms with Gasteiger partial charge < -0.3 is 5.32 Å². The predicted molar refractivity (Wildman–Crippen MR) is 101 cm³/mol. The highest BCUT2D eigenvalue weighted by atomic mass is 16.1. The highest BCUT2D eigenvalue weighted by Gasteiger charge is 2.08. The molecular formula is C21H21N3O. The molecule has 4 nitrogen and oxygen atoms in total. The van der Waals surface area contributed by atoms with Gasteiger partial charge in [-0.2, -0.15) is 5.10 Å². The van der Waals surface area contributed by atoms with E-state index in [1.165, 1.54) is 17.2 Å². The van der Waals surface area contributed by atoms with Crippen LogP contribution >= 0.6 is 0 Å². The van der Waals surface area contributed by atoms with Gasteiger partial charge in [0.1, 0.15) is 0 Å². The van der Waals surface area contributed by atoms with Crippen molar-refractivity contribution in [3.63, 3.8) is 0 Å². The van der Waals surface area contributed by atoms with Gasteiger partial charge in [-0.3, -0.25) is 9.48 Å². The van der Waals surface area contributed by atoms with Crippen LogP contribution in [0.5, 0.6) is 0 Å². The first-order valence-electron chi connectivity index (χ1n) is 8.24. The lowest BCUT2D eigenvalue weighted by Crippen LogP contribution is -2.24. The fourth-order valence-electron chi connectivity index (χ4n) is 2.64. The van der Waals surface area contributed by atoms with Crippen LogP contribution in [0, 0.1) is 0 Å². The topological polar surface area (TPSA) is 46.9 Å². The van der Waals surface area contributed by atoms with E-state index in [1.807, 2.05) is 38.4 Å². The second-order valence-corrected chi connectivity index (χ2v) is 6.00. The van der Waals surface area contributed by atoms with Crippen LogP contribution < -0.4 is 5.32 Å². The van der Waals surface area contributed by atoms with E-state index in [9.17, 15) is 4.79 Å². The van der Waals surface area contributed by atoms with Gasteiger partial charge >= 0.3 is 0 Å². The Hall–Kier alpha value is -3.14. The van der Waals surface area contributed by atoms with Crippen molar-refractivity contribution in [3.8, 4) is 11.1 Å². The molecule has 0 aliphatic carbocycles. The standard InChI is InChI=1S/C21H21N3O/c1-16(23-21(25)13-8-17-14-22-24(2)15-17)18-9-11-20(12-10-18)19-6-4-3-5-7-19/h3-16H,1-2H3,(H,23,25). The van der Waals surface area contributed by atoms with Crippen molar-refractivity contribution in [3.05, 3.63) is 84.2 Å². The van der Waals surface area contributed by atoms with Crippen LogP contribution in [0.3, 0.4) is 0 Å². The average molecular weight is 331 g/mol. The molecule has 1 amide bonds. The predicted octanol–water partition coefficient (Wildman–Crippen LogP) is 3.98. The third-order valence-electron chi connectivity index (χ3n) is 4.03. The Bertz CT molecular complexity index is 864. The average Bonchev–Trinajstić information content (AvgIpc) is 3.06. The summed E-state index contributed by atoms with van der Waals surface area (Å²) in [6.45, 7) is 1.98. The molecule has 126 valence electrons. The van der Waals surface area contributed by atoms with Gasteiger partial charge in [-0.25, -0.2) is 0 Å². The van der Waals surface area contributed by atoms with E-state index in [0.29, 0.717) is 0 Å². The van der Waals surface area contributed by atoms with E-state index >= 15 is 0 Å². The lowest BCUT2D eigenvalue weighted by atomic mass is 10.0. The number of aryl methyl sites for hydroxylation is 1. The number of amides is 1. The summed E-state index contributed by atoms with van der Waals surface area (Å²) in [6, 6.07) is 18.5. The fraction of sp³-hybridized carbons (Fsp3) is 0.143. The summed E-state index contributed by atoms with van der Waals surface area (Å²) in [4.78, 5) is 12.1. The number of nitrogens with one attached hydrogen (secondary N) is 1. The summed E-state index contributed by atoms with van der Waals surface area (Å²) >= 11 is 0. The summed E-state index contributed by atoms with van der Waals surface area (Å²) in [5, 5.41) is 7.05. The summed E-state index contributed by atoms with van der Waals surface area (Å²) in [6.07, 6.45) is 6.87. The zero-order valence-corrected chi connectivity index (χ0v) is 14.4. The van der Waals surface area contributed by atoms with Gasteiger partial charge in [-0.1, -0.05) is 54.6 Å². The maximum atomic E-state index is 12.1. The van der Waals surface area contributed by atoms with E-state index in [2.05, 4.69) is 46.8 Å². The van der Waals surface area contributed by atoms with Gasteiger partial charge in [0, 0.05) is 24.9 Å². The molecule has 3 aromatic rings. The molecule has 1 heterocycles. The van der Waals surface area contributed by atoms with Gasteiger partial charge in [-0.05, 0) is 29.7 Å². The molecule has 2 aromatic carbocycles. The molecule has 1 unspecified atom stereocenters. The summed E-state index contributed by atoms with van der Waals surface area (Å²) in [5.41, 5.74) is 4.32. The third-order valence-corrected chi connectivity index (χ3v) is 4.03. The van der Waals surface area contributed by atoms with Gasteiger partial charge in [0.25, 0.3) is 0 Å². The minimum Gasteiger partial charge on any atom is -0.346 e. The lowest BCUT2D eigenvalue weighted by Gasteiger charge is -2.13. The van der Waals surface area contributed by atoms with E-state index in [4.69, 9.17) is 0 Å². The second kappa shape index (κ2) is 7.62. The smallest absolute Gasteiger partial charge is 0.244 e. The maximum absolute atomic E-state index is 12.1. The molecule has 1 atom stereocenters. The molecule has 0 spiro atoms. The number of carbonyl (C=O) groups is 1. The Balaban J connectivity index is 1.62. The van der Waals surface area contributed by atoms with Gasteiger partial charge in [0.15, 0.2) is 0 Å². The van der Waals surface area contributed by atoms with Crippen molar-refractivity contribution in [1.29, 1.82) is 0 Å².